The first-order valence-corrected chi connectivity index (χ1v) is 9.68. The van der Waals surface area contributed by atoms with Gasteiger partial charge in [0.15, 0.2) is 0 Å². The summed E-state index contributed by atoms with van der Waals surface area (Å²) < 4.78 is 0. The lowest BCUT2D eigenvalue weighted by Gasteiger charge is -2.35. The van der Waals surface area contributed by atoms with Gasteiger partial charge >= 0.3 is 0 Å². The molecule has 1 atom stereocenters. The van der Waals surface area contributed by atoms with Gasteiger partial charge in [-0.05, 0) is 57.6 Å². The number of hydrogen-bond donors (Lipinski definition) is 0. The SMILES string of the molecule is CCc1nc(C)sc1C(=O)N1CCCCC1CCc1ccccn1. The van der Waals surface area contributed by atoms with Crippen molar-refractivity contribution < 1.29 is 4.79 Å². The second-order valence-corrected chi connectivity index (χ2v) is 7.57. The van der Waals surface area contributed by atoms with Crippen LogP contribution in [-0.2, 0) is 12.8 Å². The van der Waals surface area contributed by atoms with Crippen molar-refractivity contribution >= 4 is 17.2 Å². The zero-order chi connectivity index (χ0) is 16.9. The molecule has 0 aliphatic carbocycles. The Kier molecular flexibility index (Phi) is 5.61. The number of amides is 1. The summed E-state index contributed by atoms with van der Waals surface area (Å²) in [6.45, 7) is 4.92. The highest BCUT2D eigenvalue weighted by Crippen LogP contribution is 2.27. The van der Waals surface area contributed by atoms with Gasteiger partial charge in [-0.1, -0.05) is 13.0 Å². The minimum Gasteiger partial charge on any atom is -0.335 e. The first-order valence-electron chi connectivity index (χ1n) is 8.86. The maximum atomic E-state index is 13.1. The van der Waals surface area contributed by atoms with Crippen LogP contribution in [0.25, 0.3) is 0 Å². The van der Waals surface area contributed by atoms with Gasteiger partial charge in [0.25, 0.3) is 5.91 Å². The van der Waals surface area contributed by atoms with Crippen molar-refractivity contribution in [3.05, 3.63) is 45.7 Å². The molecule has 0 saturated carbocycles. The standard InChI is InChI=1S/C19H25N3OS/c1-3-17-18(24-14(2)21-17)19(23)22-13-7-5-9-16(22)11-10-15-8-4-6-12-20-15/h4,6,8,12,16H,3,5,7,9-11,13H2,1-2H3. The summed E-state index contributed by atoms with van der Waals surface area (Å²) in [4.78, 5) is 25.0. The van der Waals surface area contributed by atoms with Crippen LogP contribution in [0, 0.1) is 6.92 Å². The molecule has 1 saturated heterocycles. The molecule has 128 valence electrons. The average Bonchev–Trinajstić information content (AvgIpc) is 3.01. The van der Waals surface area contributed by atoms with Crippen LogP contribution in [0.1, 0.15) is 58.7 Å². The van der Waals surface area contributed by atoms with Crippen molar-refractivity contribution in [3.63, 3.8) is 0 Å². The van der Waals surface area contributed by atoms with Gasteiger partial charge in [0.1, 0.15) is 4.88 Å². The minimum absolute atomic E-state index is 0.183. The smallest absolute Gasteiger partial charge is 0.266 e. The van der Waals surface area contributed by atoms with E-state index in [1.54, 1.807) is 11.3 Å². The lowest BCUT2D eigenvalue weighted by Crippen LogP contribution is -2.44. The second-order valence-electron chi connectivity index (χ2n) is 6.37. The molecule has 1 unspecified atom stereocenters. The lowest BCUT2D eigenvalue weighted by molar-refractivity contribution is 0.0605. The number of piperidine rings is 1. The Bertz CT molecular complexity index is 683. The number of aryl methyl sites for hydroxylation is 3. The maximum Gasteiger partial charge on any atom is 0.266 e. The van der Waals surface area contributed by atoms with Crippen molar-refractivity contribution in [1.29, 1.82) is 0 Å². The van der Waals surface area contributed by atoms with E-state index in [-0.39, 0.29) is 5.91 Å². The molecule has 1 aliphatic rings. The predicted octanol–water partition coefficient (Wildman–Crippen LogP) is 4.04. The molecule has 24 heavy (non-hydrogen) atoms. The third kappa shape index (κ3) is 3.83. The van der Waals surface area contributed by atoms with Crippen LogP contribution in [0.2, 0.25) is 0 Å². The van der Waals surface area contributed by atoms with Gasteiger partial charge in [-0.15, -0.1) is 11.3 Å². The third-order valence-electron chi connectivity index (χ3n) is 4.68. The minimum atomic E-state index is 0.183. The van der Waals surface area contributed by atoms with Gasteiger partial charge in [-0.2, -0.15) is 0 Å². The zero-order valence-corrected chi connectivity index (χ0v) is 15.3. The number of rotatable bonds is 5. The number of nitrogens with zero attached hydrogens (tertiary/aromatic N) is 3. The van der Waals surface area contributed by atoms with Crippen LogP contribution < -0.4 is 0 Å². The summed E-state index contributed by atoms with van der Waals surface area (Å²) in [5.74, 6) is 0.183. The van der Waals surface area contributed by atoms with Crippen LogP contribution in [0.3, 0.4) is 0 Å². The Hall–Kier alpha value is -1.75. The van der Waals surface area contributed by atoms with Gasteiger partial charge in [0.2, 0.25) is 0 Å². The molecule has 4 nitrogen and oxygen atoms in total. The summed E-state index contributed by atoms with van der Waals surface area (Å²) in [5.41, 5.74) is 2.06. The molecule has 0 radical (unpaired) electrons. The van der Waals surface area contributed by atoms with Gasteiger partial charge in [0, 0.05) is 24.5 Å². The topological polar surface area (TPSA) is 46.1 Å². The lowest BCUT2D eigenvalue weighted by atomic mass is 9.96. The highest BCUT2D eigenvalue weighted by Gasteiger charge is 2.29. The summed E-state index contributed by atoms with van der Waals surface area (Å²) in [6, 6.07) is 6.36. The van der Waals surface area contributed by atoms with E-state index in [0.717, 1.165) is 59.9 Å². The van der Waals surface area contributed by atoms with Crippen LogP contribution in [0.4, 0.5) is 0 Å². The molecule has 0 bridgehead atoms. The fourth-order valence-electron chi connectivity index (χ4n) is 3.44. The number of carbonyl (C=O) groups is 1. The van der Waals surface area contributed by atoms with Crippen LogP contribution in [0.5, 0.6) is 0 Å². The molecule has 0 spiro atoms. The molecule has 1 fully saturated rings. The summed E-state index contributed by atoms with van der Waals surface area (Å²) in [5, 5.41) is 0.984. The zero-order valence-electron chi connectivity index (χ0n) is 14.5. The Morgan fingerprint density at radius 3 is 3.00 bits per heavy atom. The predicted molar refractivity (Wildman–Crippen MR) is 97.5 cm³/mol. The van der Waals surface area contributed by atoms with Gasteiger partial charge < -0.3 is 4.90 Å². The quantitative estimate of drug-likeness (QED) is 0.823. The number of likely N-dealkylation sites (tertiary alicyclic amines) is 1. The highest BCUT2D eigenvalue weighted by molar-refractivity contribution is 7.13. The number of carbonyl (C=O) groups excluding carboxylic acids is 1. The molecule has 3 rings (SSSR count). The van der Waals surface area contributed by atoms with Crippen molar-refractivity contribution in [3.8, 4) is 0 Å². The molecule has 0 N–H and O–H groups in total. The fourth-order valence-corrected chi connectivity index (χ4v) is 4.40. The first-order chi connectivity index (χ1) is 11.7. The Morgan fingerprint density at radius 2 is 2.25 bits per heavy atom. The van der Waals surface area contributed by atoms with E-state index in [1.165, 1.54) is 6.42 Å². The first kappa shape index (κ1) is 17.1. The van der Waals surface area contributed by atoms with Crippen LogP contribution in [0.15, 0.2) is 24.4 Å². The van der Waals surface area contributed by atoms with Crippen molar-refractivity contribution in [2.24, 2.45) is 0 Å². The fraction of sp³-hybridized carbons (Fsp3) is 0.526. The normalized spacial score (nSPS) is 17.9. The molecule has 2 aromatic rings. The van der Waals surface area contributed by atoms with E-state index in [4.69, 9.17) is 0 Å². The van der Waals surface area contributed by atoms with E-state index in [0.29, 0.717) is 6.04 Å². The number of pyridine rings is 1. The Morgan fingerprint density at radius 1 is 1.38 bits per heavy atom. The van der Waals surface area contributed by atoms with E-state index in [1.807, 2.05) is 25.3 Å². The van der Waals surface area contributed by atoms with Crippen molar-refractivity contribution in [2.45, 2.75) is 58.4 Å². The molecular formula is C19H25N3OS. The van der Waals surface area contributed by atoms with E-state index >= 15 is 0 Å². The molecule has 1 amide bonds. The highest BCUT2D eigenvalue weighted by atomic mass is 32.1. The largest absolute Gasteiger partial charge is 0.335 e. The summed E-state index contributed by atoms with van der Waals surface area (Å²) in [6.07, 6.45) is 7.98. The monoisotopic (exact) mass is 343 g/mol. The number of thiazole rings is 1. The third-order valence-corrected chi connectivity index (χ3v) is 5.68. The molecule has 0 aromatic carbocycles. The van der Waals surface area contributed by atoms with Gasteiger partial charge in [-0.3, -0.25) is 9.78 Å². The molecule has 1 aliphatic heterocycles. The summed E-state index contributed by atoms with van der Waals surface area (Å²) >= 11 is 1.54. The molecule has 5 heteroatoms. The van der Waals surface area contributed by atoms with Gasteiger partial charge in [0.05, 0.1) is 10.7 Å². The van der Waals surface area contributed by atoms with Crippen LogP contribution >= 0.6 is 11.3 Å². The maximum absolute atomic E-state index is 13.1. The average molecular weight is 343 g/mol. The Balaban J connectivity index is 1.72. The van der Waals surface area contributed by atoms with Crippen molar-refractivity contribution in [1.82, 2.24) is 14.9 Å². The number of hydrogen-bond acceptors (Lipinski definition) is 4. The number of aromatic nitrogens is 2. The Labute approximate surface area is 147 Å². The van der Waals surface area contributed by atoms with Gasteiger partial charge in [-0.25, -0.2) is 4.98 Å². The van der Waals surface area contributed by atoms with E-state index < -0.39 is 0 Å². The van der Waals surface area contributed by atoms with Crippen LogP contribution in [-0.4, -0.2) is 33.4 Å². The summed E-state index contributed by atoms with van der Waals surface area (Å²) in [7, 11) is 0. The molecule has 3 heterocycles. The molecular weight excluding hydrogens is 318 g/mol. The molecule has 2 aromatic heterocycles. The van der Waals surface area contributed by atoms with E-state index in [9.17, 15) is 4.79 Å². The van der Waals surface area contributed by atoms with Crippen molar-refractivity contribution in [2.75, 3.05) is 6.54 Å². The second kappa shape index (κ2) is 7.88. The van der Waals surface area contributed by atoms with E-state index in [2.05, 4.69) is 27.9 Å².